The second kappa shape index (κ2) is 7.42. The lowest BCUT2D eigenvalue weighted by molar-refractivity contribution is -0.305. The fourth-order valence-corrected chi connectivity index (χ4v) is 3.18. The molecule has 7 heteroatoms. The molecule has 0 atom stereocenters. The van der Waals surface area contributed by atoms with Gasteiger partial charge in [0.25, 0.3) is 5.91 Å². The summed E-state index contributed by atoms with van der Waals surface area (Å²) < 4.78 is 5.72. The summed E-state index contributed by atoms with van der Waals surface area (Å²) in [4.78, 5) is 24.5. The van der Waals surface area contributed by atoms with Crippen LogP contribution in [0, 0.1) is 0 Å². The van der Waals surface area contributed by atoms with Gasteiger partial charge < -0.3 is 14.6 Å². The molecule has 5 nitrogen and oxygen atoms in total. The van der Waals surface area contributed by atoms with E-state index in [9.17, 15) is 14.7 Å². The summed E-state index contributed by atoms with van der Waals surface area (Å²) in [7, 11) is 0. The van der Waals surface area contributed by atoms with E-state index in [4.69, 9.17) is 17.0 Å². The highest BCUT2D eigenvalue weighted by molar-refractivity contribution is 8.26. The van der Waals surface area contributed by atoms with Crippen LogP contribution in [0.4, 0.5) is 0 Å². The summed E-state index contributed by atoms with van der Waals surface area (Å²) in [5.74, 6) is -0.712. The molecule has 0 spiro atoms. The van der Waals surface area contributed by atoms with Crippen LogP contribution < -0.4 is 9.84 Å². The molecule has 0 unspecified atom stereocenters. The largest absolute Gasteiger partial charge is 0.550 e. The molecular weight excluding hydrogens is 322 g/mol. The molecule has 1 heterocycles. The monoisotopic (exact) mass is 336 g/mol. The second-order valence-corrected chi connectivity index (χ2v) is 6.13. The SMILES string of the molecule is CCOc1ccc(/C=C2\SC(=S)N(CCC(=O)[O-])C2=O)cc1. The van der Waals surface area contributed by atoms with Gasteiger partial charge in [-0.1, -0.05) is 36.1 Å². The van der Waals surface area contributed by atoms with Gasteiger partial charge in [-0.05, 0) is 30.7 Å². The zero-order valence-corrected chi connectivity index (χ0v) is 13.5. The van der Waals surface area contributed by atoms with E-state index in [1.165, 1.54) is 16.7 Å². The van der Waals surface area contributed by atoms with Crippen molar-refractivity contribution in [1.29, 1.82) is 0 Å². The number of hydrogen-bond donors (Lipinski definition) is 0. The van der Waals surface area contributed by atoms with Crippen LogP contribution in [0.15, 0.2) is 29.2 Å². The molecule has 116 valence electrons. The summed E-state index contributed by atoms with van der Waals surface area (Å²) in [5.41, 5.74) is 0.851. The summed E-state index contributed by atoms with van der Waals surface area (Å²) in [5, 5.41) is 10.5. The first kappa shape index (κ1) is 16.5. The van der Waals surface area contributed by atoms with E-state index in [0.29, 0.717) is 15.8 Å². The highest BCUT2D eigenvalue weighted by atomic mass is 32.2. The molecule has 1 aromatic carbocycles. The van der Waals surface area contributed by atoms with Crippen molar-refractivity contribution in [3.05, 3.63) is 34.7 Å². The van der Waals surface area contributed by atoms with E-state index in [-0.39, 0.29) is 18.9 Å². The number of ether oxygens (including phenoxy) is 1. The molecule has 0 radical (unpaired) electrons. The number of benzene rings is 1. The number of carboxylic acid groups (broad SMARTS) is 1. The lowest BCUT2D eigenvalue weighted by Crippen LogP contribution is -2.33. The van der Waals surface area contributed by atoms with Crippen LogP contribution in [0.25, 0.3) is 6.08 Å². The van der Waals surface area contributed by atoms with Crippen LogP contribution >= 0.6 is 24.0 Å². The summed E-state index contributed by atoms with van der Waals surface area (Å²) in [6.45, 7) is 2.54. The lowest BCUT2D eigenvalue weighted by atomic mass is 10.2. The van der Waals surface area contributed by atoms with Gasteiger partial charge >= 0.3 is 0 Å². The molecule has 1 amide bonds. The van der Waals surface area contributed by atoms with Gasteiger partial charge in [-0.15, -0.1) is 0 Å². The topological polar surface area (TPSA) is 69.7 Å². The molecular formula is C15H14NO4S2-. The van der Waals surface area contributed by atoms with Gasteiger partial charge in [0.05, 0.1) is 11.5 Å². The Morgan fingerprint density at radius 2 is 2.09 bits per heavy atom. The molecule has 1 aliphatic heterocycles. The predicted molar refractivity (Wildman–Crippen MR) is 87.1 cm³/mol. The lowest BCUT2D eigenvalue weighted by Gasteiger charge is -2.14. The molecule has 0 N–H and O–H groups in total. The van der Waals surface area contributed by atoms with Crippen molar-refractivity contribution >= 4 is 46.3 Å². The van der Waals surface area contributed by atoms with Crippen molar-refractivity contribution in [2.45, 2.75) is 13.3 Å². The Kier molecular flexibility index (Phi) is 5.57. The maximum absolute atomic E-state index is 12.2. The van der Waals surface area contributed by atoms with E-state index in [1.807, 2.05) is 31.2 Å². The third kappa shape index (κ3) is 4.08. The van der Waals surface area contributed by atoms with Crippen molar-refractivity contribution in [3.63, 3.8) is 0 Å². The van der Waals surface area contributed by atoms with Gasteiger partial charge in [0.15, 0.2) is 0 Å². The van der Waals surface area contributed by atoms with Crippen molar-refractivity contribution < 1.29 is 19.4 Å². The second-order valence-electron chi connectivity index (χ2n) is 4.46. The third-order valence-corrected chi connectivity index (χ3v) is 4.28. The average Bonchev–Trinajstić information content (AvgIpc) is 2.73. The van der Waals surface area contributed by atoms with Crippen LogP contribution in [0.3, 0.4) is 0 Å². The number of rotatable bonds is 6. The first-order chi connectivity index (χ1) is 10.5. The van der Waals surface area contributed by atoms with E-state index < -0.39 is 5.97 Å². The normalized spacial score (nSPS) is 16.4. The van der Waals surface area contributed by atoms with E-state index in [0.717, 1.165) is 11.3 Å². The number of aliphatic carboxylic acids is 1. The zero-order valence-electron chi connectivity index (χ0n) is 11.9. The number of amides is 1. The summed E-state index contributed by atoms with van der Waals surface area (Å²) in [6, 6.07) is 7.34. The van der Waals surface area contributed by atoms with E-state index >= 15 is 0 Å². The van der Waals surface area contributed by atoms with Crippen LogP contribution in [-0.2, 0) is 9.59 Å². The van der Waals surface area contributed by atoms with Gasteiger partial charge in [0, 0.05) is 18.9 Å². The zero-order chi connectivity index (χ0) is 16.1. The fourth-order valence-electron chi connectivity index (χ4n) is 1.87. The Morgan fingerprint density at radius 1 is 1.41 bits per heavy atom. The highest BCUT2D eigenvalue weighted by Crippen LogP contribution is 2.32. The first-order valence-corrected chi connectivity index (χ1v) is 7.92. The van der Waals surface area contributed by atoms with E-state index in [1.54, 1.807) is 6.08 Å². The van der Waals surface area contributed by atoms with Crippen LogP contribution in [0.5, 0.6) is 5.75 Å². The Hall–Kier alpha value is -1.86. The first-order valence-electron chi connectivity index (χ1n) is 6.69. The molecule has 1 aromatic rings. The number of nitrogens with zero attached hydrogens (tertiary/aromatic N) is 1. The van der Waals surface area contributed by atoms with Crippen LogP contribution in [-0.4, -0.2) is 34.2 Å². The minimum atomic E-state index is -1.20. The molecule has 1 fully saturated rings. The Labute approximate surface area is 137 Å². The number of thioether (sulfide) groups is 1. The van der Waals surface area contributed by atoms with Crippen molar-refractivity contribution in [2.75, 3.05) is 13.2 Å². The fraction of sp³-hybridized carbons (Fsp3) is 0.267. The highest BCUT2D eigenvalue weighted by Gasteiger charge is 2.31. The quantitative estimate of drug-likeness (QED) is 0.578. The number of carbonyl (C=O) groups is 2. The van der Waals surface area contributed by atoms with Gasteiger partial charge in [-0.25, -0.2) is 0 Å². The van der Waals surface area contributed by atoms with E-state index in [2.05, 4.69) is 0 Å². The van der Waals surface area contributed by atoms with Crippen LogP contribution in [0.1, 0.15) is 18.9 Å². The Morgan fingerprint density at radius 3 is 2.68 bits per heavy atom. The third-order valence-electron chi connectivity index (χ3n) is 2.90. The van der Waals surface area contributed by atoms with Crippen molar-refractivity contribution in [1.82, 2.24) is 4.90 Å². The predicted octanol–water partition coefficient (Wildman–Crippen LogP) is 1.43. The molecule has 1 saturated heterocycles. The molecule has 22 heavy (non-hydrogen) atoms. The standard InChI is InChI=1S/C15H15NO4S2/c1-2-20-11-5-3-10(4-6-11)9-12-14(19)16(15(21)22-12)8-7-13(17)18/h3-6,9H,2,7-8H2,1H3,(H,17,18)/p-1/b12-9-. The van der Waals surface area contributed by atoms with Crippen LogP contribution in [0.2, 0.25) is 0 Å². The average molecular weight is 336 g/mol. The van der Waals surface area contributed by atoms with Crippen molar-refractivity contribution in [3.8, 4) is 5.75 Å². The Balaban J connectivity index is 2.10. The molecule has 0 bridgehead atoms. The van der Waals surface area contributed by atoms with Gasteiger partial charge in [0.2, 0.25) is 0 Å². The Bertz CT molecular complexity index is 625. The summed E-state index contributed by atoms with van der Waals surface area (Å²) >= 11 is 6.28. The number of carboxylic acids is 1. The molecule has 0 saturated carbocycles. The molecule has 0 aliphatic carbocycles. The smallest absolute Gasteiger partial charge is 0.266 e. The van der Waals surface area contributed by atoms with Crippen molar-refractivity contribution in [2.24, 2.45) is 0 Å². The maximum Gasteiger partial charge on any atom is 0.266 e. The van der Waals surface area contributed by atoms with Gasteiger partial charge in [-0.3, -0.25) is 9.69 Å². The van der Waals surface area contributed by atoms with Gasteiger partial charge in [0.1, 0.15) is 10.1 Å². The number of carbonyl (C=O) groups excluding carboxylic acids is 2. The minimum Gasteiger partial charge on any atom is -0.550 e. The molecule has 1 aliphatic rings. The number of hydrogen-bond acceptors (Lipinski definition) is 6. The van der Waals surface area contributed by atoms with Gasteiger partial charge in [-0.2, -0.15) is 0 Å². The summed E-state index contributed by atoms with van der Waals surface area (Å²) in [6.07, 6.45) is 1.50. The molecule has 2 rings (SSSR count). The minimum absolute atomic E-state index is 0.0353. The molecule has 0 aromatic heterocycles. The number of thiocarbonyl (C=S) groups is 1. The maximum atomic E-state index is 12.2.